The molecule has 0 bridgehead atoms. The highest BCUT2D eigenvalue weighted by Gasteiger charge is 2.36. The van der Waals surface area contributed by atoms with Crippen LogP contribution in [-0.2, 0) is 18.8 Å². The molecule has 3 rings (SSSR count). The molecule has 0 saturated heterocycles. The number of nitrogens with two attached hydrogens (primary N) is 1. The fourth-order valence-corrected chi connectivity index (χ4v) is 2.59. The molecule has 11 heteroatoms. The van der Waals surface area contributed by atoms with Gasteiger partial charge in [0.1, 0.15) is 12.0 Å². The Morgan fingerprint density at radius 1 is 0.889 bits per heavy atom. The minimum Gasteiger partial charge on any atom is -0.497 e. The van der Waals surface area contributed by atoms with Crippen molar-refractivity contribution in [2.45, 2.75) is 18.8 Å². The first-order valence-electron chi connectivity index (χ1n) is 10.2. The number of methoxy groups -OCH3 is 1. The van der Waals surface area contributed by atoms with Gasteiger partial charge in [0.15, 0.2) is 0 Å². The number of aldehydes is 1. The number of alkyl halides is 6. The van der Waals surface area contributed by atoms with Crippen molar-refractivity contribution in [1.82, 2.24) is 0 Å². The van der Waals surface area contributed by atoms with Crippen molar-refractivity contribution < 1.29 is 45.8 Å². The molecule has 0 spiro atoms. The molecule has 0 radical (unpaired) electrons. The van der Waals surface area contributed by atoms with Crippen LogP contribution in [0.1, 0.15) is 37.4 Å². The largest absolute Gasteiger partial charge is 0.497 e. The molecular formula is C25H23F6NO4. The Morgan fingerprint density at radius 3 is 1.75 bits per heavy atom. The first kappa shape index (κ1) is 30.2. The van der Waals surface area contributed by atoms with Crippen molar-refractivity contribution in [3.8, 4) is 5.75 Å². The Labute approximate surface area is 203 Å². The number of rotatable bonds is 5. The molecule has 0 saturated carbocycles. The summed E-state index contributed by atoms with van der Waals surface area (Å²) in [7, 11) is 1.54. The van der Waals surface area contributed by atoms with Gasteiger partial charge in [-0.15, -0.1) is 0 Å². The molecule has 0 fully saturated rings. The number of carboxylic acid groups (broad SMARTS) is 1. The third-order valence-electron chi connectivity index (χ3n) is 4.36. The fourth-order valence-electron chi connectivity index (χ4n) is 2.59. The van der Waals surface area contributed by atoms with Crippen LogP contribution in [0.5, 0.6) is 5.75 Å². The van der Waals surface area contributed by atoms with Gasteiger partial charge < -0.3 is 15.6 Å². The summed E-state index contributed by atoms with van der Waals surface area (Å²) in [5.41, 5.74) is 3.29. The summed E-state index contributed by atoms with van der Waals surface area (Å²) in [6.45, 7) is 0.740. The first-order chi connectivity index (χ1) is 16.8. The van der Waals surface area contributed by atoms with Gasteiger partial charge in [-0.3, -0.25) is 4.79 Å². The number of ether oxygens (including phenoxy) is 1. The molecule has 0 atom stereocenters. The van der Waals surface area contributed by atoms with Crippen molar-refractivity contribution in [3.63, 3.8) is 0 Å². The average Bonchev–Trinajstić information content (AvgIpc) is 2.84. The summed E-state index contributed by atoms with van der Waals surface area (Å²) in [6.07, 6.45) is -8.91. The Hall–Kier alpha value is -3.86. The summed E-state index contributed by atoms with van der Waals surface area (Å²) in [4.78, 5) is 20.6. The minimum absolute atomic E-state index is 0.0347. The number of benzene rings is 3. The van der Waals surface area contributed by atoms with E-state index in [2.05, 4.69) is 12.1 Å². The molecule has 0 heterocycles. The van der Waals surface area contributed by atoms with Gasteiger partial charge in [0.05, 0.1) is 23.8 Å². The molecule has 0 aliphatic rings. The van der Waals surface area contributed by atoms with E-state index in [1.807, 2.05) is 18.2 Å². The molecule has 5 nitrogen and oxygen atoms in total. The van der Waals surface area contributed by atoms with Crippen LogP contribution in [0.4, 0.5) is 26.3 Å². The molecule has 194 valence electrons. The highest BCUT2D eigenvalue weighted by atomic mass is 19.4. The smallest absolute Gasteiger partial charge is 0.416 e. The lowest BCUT2D eigenvalue weighted by atomic mass is 10.1. The van der Waals surface area contributed by atoms with Crippen molar-refractivity contribution in [1.29, 1.82) is 0 Å². The molecule has 3 aromatic rings. The maximum atomic E-state index is 12.2. The lowest BCUT2D eigenvalue weighted by molar-refractivity contribution is -0.143. The lowest BCUT2D eigenvalue weighted by Gasteiger charge is -2.12. The monoisotopic (exact) mass is 515 g/mol. The van der Waals surface area contributed by atoms with E-state index in [1.165, 1.54) is 24.8 Å². The van der Waals surface area contributed by atoms with E-state index in [4.69, 9.17) is 15.6 Å². The van der Waals surface area contributed by atoms with Crippen LogP contribution in [0.15, 0.2) is 72.8 Å². The Morgan fingerprint density at radius 2 is 1.39 bits per heavy atom. The minimum atomic E-state index is -4.92. The van der Waals surface area contributed by atoms with E-state index in [-0.39, 0.29) is 17.9 Å². The number of carbonyl (C=O) groups excluding carboxylic acids is 1. The van der Waals surface area contributed by atoms with Crippen LogP contribution in [0, 0.1) is 0 Å². The Balaban J connectivity index is 0.000000283. The van der Waals surface area contributed by atoms with Gasteiger partial charge in [0.25, 0.3) is 0 Å². The van der Waals surface area contributed by atoms with Crippen molar-refractivity contribution >= 4 is 12.3 Å². The molecule has 3 N–H and O–H groups in total. The number of hydrogen-bond donors (Lipinski definition) is 2. The predicted molar refractivity (Wildman–Crippen MR) is 121 cm³/mol. The second-order valence-corrected chi connectivity index (χ2v) is 7.01. The van der Waals surface area contributed by atoms with E-state index in [9.17, 15) is 35.9 Å². The summed E-state index contributed by atoms with van der Waals surface area (Å²) in [5.74, 6) is -0.261. The number of carbonyl (C=O) groups is 2. The van der Waals surface area contributed by atoms with E-state index in [0.29, 0.717) is 17.9 Å². The number of carboxylic acids is 1. The Kier molecular flexibility index (Phi) is 11.6. The third-order valence-corrected chi connectivity index (χ3v) is 4.36. The van der Waals surface area contributed by atoms with Gasteiger partial charge in [0, 0.05) is 5.56 Å². The summed E-state index contributed by atoms with van der Waals surface area (Å²) >= 11 is 0. The van der Waals surface area contributed by atoms with Gasteiger partial charge in [-0.05, 0) is 61.0 Å². The van der Waals surface area contributed by atoms with Crippen molar-refractivity contribution in [3.05, 3.63) is 101 Å². The SMILES string of the molecule is COc1ccc(C(=O)O)cc1.NCCc1ccccc1.O=Cc1cc(C(F)(F)F)cc(C(F)(F)F)c1. The zero-order valence-corrected chi connectivity index (χ0v) is 18.9. The molecule has 0 amide bonds. The van der Waals surface area contributed by atoms with Crippen LogP contribution < -0.4 is 10.5 Å². The lowest BCUT2D eigenvalue weighted by Crippen LogP contribution is -2.11. The zero-order chi connectivity index (χ0) is 27.4. The topological polar surface area (TPSA) is 89.6 Å². The molecular weight excluding hydrogens is 492 g/mol. The predicted octanol–water partition coefficient (Wildman–Crippen LogP) is 6.12. The van der Waals surface area contributed by atoms with E-state index in [1.54, 1.807) is 12.1 Å². The maximum absolute atomic E-state index is 12.2. The second kappa shape index (κ2) is 13.9. The fraction of sp³-hybridized carbons (Fsp3) is 0.200. The third kappa shape index (κ3) is 10.6. The summed E-state index contributed by atoms with van der Waals surface area (Å²) in [6, 6.07) is 17.2. The normalized spacial score (nSPS) is 10.8. The van der Waals surface area contributed by atoms with Gasteiger partial charge in [0.2, 0.25) is 0 Å². The van der Waals surface area contributed by atoms with Crippen LogP contribution in [0.2, 0.25) is 0 Å². The summed E-state index contributed by atoms with van der Waals surface area (Å²) in [5, 5.41) is 8.51. The number of aromatic carboxylic acids is 1. The maximum Gasteiger partial charge on any atom is 0.416 e. The zero-order valence-electron chi connectivity index (χ0n) is 18.9. The Bertz CT molecular complexity index is 1070. The average molecular weight is 515 g/mol. The summed E-state index contributed by atoms with van der Waals surface area (Å²) < 4.78 is 78.0. The molecule has 3 aromatic carbocycles. The van der Waals surface area contributed by atoms with E-state index < -0.39 is 35.0 Å². The molecule has 0 aromatic heterocycles. The molecule has 36 heavy (non-hydrogen) atoms. The van der Waals surface area contributed by atoms with Crippen molar-refractivity contribution in [2.24, 2.45) is 5.73 Å². The van der Waals surface area contributed by atoms with Crippen LogP contribution in [0.3, 0.4) is 0 Å². The van der Waals surface area contributed by atoms with Crippen LogP contribution in [0.25, 0.3) is 0 Å². The molecule has 0 unspecified atom stereocenters. The van der Waals surface area contributed by atoms with Gasteiger partial charge in [-0.2, -0.15) is 26.3 Å². The van der Waals surface area contributed by atoms with E-state index in [0.717, 1.165) is 13.0 Å². The highest BCUT2D eigenvalue weighted by molar-refractivity contribution is 5.87. The van der Waals surface area contributed by atoms with E-state index >= 15 is 0 Å². The standard InChI is InChI=1S/C9H4F6O.C8H11N.C8H8O3/c10-8(11,12)6-1-5(4-16)2-7(3-6)9(13,14)15;9-7-6-8-4-2-1-3-5-8;1-11-7-4-2-6(3-5-7)8(9)10/h1-4H;1-5H,6-7,9H2;2-5H,1H3,(H,9,10). The van der Waals surface area contributed by atoms with Crippen LogP contribution >= 0.6 is 0 Å². The van der Waals surface area contributed by atoms with Gasteiger partial charge in [-0.25, -0.2) is 4.79 Å². The second-order valence-electron chi connectivity index (χ2n) is 7.01. The molecule has 0 aliphatic heterocycles. The van der Waals surface area contributed by atoms with Gasteiger partial charge in [-0.1, -0.05) is 30.3 Å². The quantitative estimate of drug-likeness (QED) is 0.316. The number of hydrogen-bond acceptors (Lipinski definition) is 4. The first-order valence-corrected chi connectivity index (χ1v) is 10.2. The number of halogens is 6. The highest BCUT2D eigenvalue weighted by Crippen LogP contribution is 2.35. The van der Waals surface area contributed by atoms with Gasteiger partial charge >= 0.3 is 18.3 Å². The molecule has 0 aliphatic carbocycles. The van der Waals surface area contributed by atoms with Crippen molar-refractivity contribution in [2.75, 3.05) is 13.7 Å². The van der Waals surface area contributed by atoms with Crippen LogP contribution in [-0.4, -0.2) is 31.0 Å².